The van der Waals surface area contributed by atoms with Crippen LogP contribution in [0.5, 0.6) is 0 Å². The van der Waals surface area contributed by atoms with E-state index in [4.69, 9.17) is 5.11 Å². The van der Waals surface area contributed by atoms with E-state index in [1.807, 2.05) is 18.4 Å². The normalized spacial score (nSPS) is 10.9. The van der Waals surface area contributed by atoms with Crippen LogP contribution in [0.1, 0.15) is 10.4 Å². The largest absolute Gasteiger partial charge is 0.481 e. The van der Waals surface area contributed by atoms with Gasteiger partial charge in [0.2, 0.25) is 11.0 Å². The molecule has 0 radical (unpaired) electrons. The smallest absolute Gasteiger partial charge is 0.313 e. The summed E-state index contributed by atoms with van der Waals surface area (Å²) in [5.41, 5.74) is 1.12. The molecule has 6 nitrogen and oxygen atoms in total. The van der Waals surface area contributed by atoms with Crippen LogP contribution in [0.15, 0.2) is 21.9 Å². The maximum atomic E-state index is 11.7. The third-order valence-electron chi connectivity index (χ3n) is 2.24. The number of anilines is 1. The Morgan fingerprint density at radius 2 is 2.29 bits per heavy atom. The van der Waals surface area contributed by atoms with Gasteiger partial charge in [0.15, 0.2) is 4.34 Å². The van der Waals surface area contributed by atoms with Crippen LogP contribution in [0.2, 0.25) is 0 Å². The molecule has 1 amide bonds. The Bertz CT molecular complexity index is 678. The number of amides is 1. The third-order valence-corrected chi connectivity index (χ3v) is 5.18. The molecule has 0 aliphatic carbocycles. The van der Waals surface area contributed by atoms with Gasteiger partial charge in [-0.15, -0.1) is 21.5 Å². The molecule has 2 heterocycles. The molecule has 2 aromatic rings. The molecule has 2 rings (SSSR count). The van der Waals surface area contributed by atoms with Gasteiger partial charge in [-0.2, -0.15) is 0 Å². The number of nitrogens with one attached hydrogen (secondary N) is 1. The summed E-state index contributed by atoms with van der Waals surface area (Å²) in [5, 5.41) is 21.1. The van der Waals surface area contributed by atoms with Gasteiger partial charge in [0, 0.05) is 11.0 Å². The standard InChI is InChI=1S/C12H11N3O3S3/c1-7-4-5-19-8(7)2-3-9(16)13-11-14-15-12(21-11)20-6-10(17)18/h2-5H,6H2,1H3,(H,17,18)(H,13,14,16). The fraction of sp³-hybridized carbons (Fsp3) is 0.167. The van der Waals surface area contributed by atoms with Gasteiger partial charge in [-0.1, -0.05) is 23.1 Å². The number of nitrogens with zero attached hydrogens (tertiary/aromatic N) is 2. The van der Waals surface area contributed by atoms with Crippen molar-refractivity contribution >= 4 is 57.5 Å². The minimum atomic E-state index is -0.921. The number of carbonyl (C=O) groups excluding carboxylic acids is 1. The zero-order chi connectivity index (χ0) is 15.2. The van der Waals surface area contributed by atoms with Crippen molar-refractivity contribution in [2.75, 3.05) is 11.1 Å². The summed E-state index contributed by atoms with van der Waals surface area (Å²) >= 11 is 3.77. The molecule has 0 atom stereocenters. The van der Waals surface area contributed by atoms with Gasteiger partial charge in [-0.3, -0.25) is 14.9 Å². The highest BCUT2D eigenvalue weighted by atomic mass is 32.2. The van der Waals surface area contributed by atoms with Crippen LogP contribution in [0.25, 0.3) is 6.08 Å². The predicted molar refractivity (Wildman–Crippen MR) is 85.0 cm³/mol. The molecule has 0 aromatic carbocycles. The van der Waals surface area contributed by atoms with E-state index < -0.39 is 5.97 Å². The van der Waals surface area contributed by atoms with Gasteiger partial charge in [0.05, 0.1) is 5.75 Å². The molecular formula is C12H11N3O3S3. The highest BCUT2D eigenvalue weighted by Crippen LogP contribution is 2.25. The SMILES string of the molecule is Cc1ccsc1C=CC(=O)Nc1nnc(SCC(=O)O)s1. The van der Waals surface area contributed by atoms with Crippen molar-refractivity contribution in [3.63, 3.8) is 0 Å². The van der Waals surface area contributed by atoms with Crippen molar-refractivity contribution < 1.29 is 14.7 Å². The average molecular weight is 341 g/mol. The molecule has 0 bridgehead atoms. The topological polar surface area (TPSA) is 92.2 Å². The molecule has 0 spiro atoms. The Hall–Kier alpha value is -1.71. The van der Waals surface area contributed by atoms with E-state index in [0.717, 1.165) is 33.5 Å². The van der Waals surface area contributed by atoms with Gasteiger partial charge in [-0.25, -0.2) is 0 Å². The van der Waals surface area contributed by atoms with E-state index in [2.05, 4.69) is 15.5 Å². The Morgan fingerprint density at radius 1 is 1.48 bits per heavy atom. The number of thiophene rings is 1. The number of hydrogen-bond acceptors (Lipinski definition) is 7. The van der Waals surface area contributed by atoms with E-state index in [9.17, 15) is 9.59 Å². The van der Waals surface area contributed by atoms with Crippen LogP contribution in [0.4, 0.5) is 5.13 Å². The lowest BCUT2D eigenvalue weighted by Crippen LogP contribution is -2.07. The molecule has 0 unspecified atom stereocenters. The quantitative estimate of drug-likeness (QED) is 0.477. The Labute approximate surface area is 132 Å². The zero-order valence-corrected chi connectivity index (χ0v) is 13.3. The summed E-state index contributed by atoms with van der Waals surface area (Å²) in [6, 6.07) is 1.99. The van der Waals surface area contributed by atoms with Crippen LogP contribution in [-0.2, 0) is 9.59 Å². The summed E-state index contributed by atoms with van der Waals surface area (Å²) in [4.78, 5) is 23.2. The van der Waals surface area contributed by atoms with Gasteiger partial charge in [0.25, 0.3) is 0 Å². The Morgan fingerprint density at radius 3 is 2.95 bits per heavy atom. The highest BCUT2D eigenvalue weighted by Gasteiger charge is 2.08. The maximum Gasteiger partial charge on any atom is 0.313 e. The number of aliphatic carboxylic acids is 1. The van der Waals surface area contributed by atoms with Crippen LogP contribution in [-0.4, -0.2) is 32.9 Å². The van der Waals surface area contributed by atoms with Crippen LogP contribution in [0, 0.1) is 6.92 Å². The fourth-order valence-corrected chi connectivity index (χ4v) is 3.59. The molecule has 0 aliphatic rings. The highest BCUT2D eigenvalue weighted by molar-refractivity contribution is 8.01. The molecule has 2 aromatic heterocycles. The second-order valence-corrected chi connectivity index (χ2v) is 6.99. The minimum Gasteiger partial charge on any atom is -0.481 e. The van der Waals surface area contributed by atoms with E-state index in [-0.39, 0.29) is 11.7 Å². The van der Waals surface area contributed by atoms with Crippen molar-refractivity contribution in [1.29, 1.82) is 0 Å². The first kappa shape index (κ1) is 15.7. The zero-order valence-electron chi connectivity index (χ0n) is 10.9. The molecule has 110 valence electrons. The van der Waals surface area contributed by atoms with E-state index in [1.165, 1.54) is 6.08 Å². The van der Waals surface area contributed by atoms with Crippen LogP contribution < -0.4 is 5.32 Å². The number of carboxylic acid groups (broad SMARTS) is 1. The lowest BCUT2D eigenvalue weighted by atomic mass is 10.3. The van der Waals surface area contributed by atoms with Crippen molar-refractivity contribution in [1.82, 2.24) is 10.2 Å². The van der Waals surface area contributed by atoms with Crippen LogP contribution >= 0.6 is 34.4 Å². The number of carboxylic acids is 1. The molecule has 9 heteroatoms. The van der Waals surface area contributed by atoms with Crippen molar-refractivity contribution in [2.45, 2.75) is 11.3 Å². The van der Waals surface area contributed by atoms with E-state index in [1.54, 1.807) is 17.4 Å². The summed E-state index contributed by atoms with van der Waals surface area (Å²) in [6.45, 7) is 1.98. The number of rotatable bonds is 6. The maximum absolute atomic E-state index is 11.7. The average Bonchev–Trinajstić information content (AvgIpc) is 3.03. The van der Waals surface area contributed by atoms with Crippen molar-refractivity contribution in [3.8, 4) is 0 Å². The van der Waals surface area contributed by atoms with E-state index >= 15 is 0 Å². The molecular weight excluding hydrogens is 330 g/mol. The summed E-state index contributed by atoms with van der Waals surface area (Å²) in [5.74, 6) is -1.30. The van der Waals surface area contributed by atoms with Crippen molar-refractivity contribution in [3.05, 3.63) is 28.0 Å². The second kappa shape index (κ2) is 7.34. The van der Waals surface area contributed by atoms with Crippen molar-refractivity contribution in [2.24, 2.45) is 0 Å². The first-order valence-corrected chi connectivity index (χ1v) is 8.44. The molecule has 0 saturated heterocycles. The van der Waals surface area contributed by atoms with Gasteiger partial charge in [-0.05, 0) is 30.0 Å². The third kappa shape index (κ3) is 4.96. The number of aromatic nitrogens is 2. The molecule has 21 heavy (non-hydrogen) atoms. The van der Waals surface area contributed by atoms with E-state index in [0.29, 0.717) is 9.47 Å². The van der Waals surface area contributed by atoms with Gasteiger partial charge < -0.3 is 5.11 Å². The fourth-order valence-electron chi connectivity index (χ4n) is 1.30. The van der Waals surface area contributed by atoms with Gasteiger partial charge >= 0.3 is 5.97 Å². The molecule has 0 aliphatic heterocycles. The lowest BCUT2D eigenvalue weighted by molar-refractivity contribution is -0.133. The number of thioether (sulfide) groups is 1. The summed E-state index contributed by atoms with van der Waals surface area (Å²) in [7, 11) is 0. The first-order chi connectivity index (χ1) is 10.0. The molecule has 0 fully saturated rings. The summed E-state index contributed by atoms with van der Waals surface area (Å²) < 4.78 is 0.505. The number of carbonyl (C=O) groups is 2. The van der Waals surface area contributed by atoms with Crippen LogP contribution in [0.3, 0.4) is 0 Å². The second-order valence-electron chi connectivity index (χ2n) is 3.85. The minimum absolute atomic E-state index is 0.0832. The number of aryl methyl sites for hydroxylation is 1. The molecule has 2 N–H and O–H groups in total. The Kier molecular flexibility index (Phi) is 5.48. The first-order valence-electron chi connectivity index (χ1n) is 5.76. The predicted octanol–water partition coefficient (Wildman–Crippen LogP) is 2.74. The Balaban J connectivity index is 1.89. The monoisotopic (exact) mass is 341 g/mol. The molecule has 0 saturated carbocycles. The summed E-state index contributed by atoms with van der Waals surface area (Å²) in [6.07, 6.45) is 3.18. The number of hydrogen-bond donors (Lipinski definition) is 2. The van der Waals surface area contributed by atoms with Gasteiger partial charge in [0.1, 0.15) is 0 Å². The lowest BCUT2D eigenvalue weighted by Gasteiger charge is -1.94.